The van der Waals surface area contributed by atoms with Crippen molar-refractivity contribution in [2.45, 2.75) is 63.1 Å². The molecule has 2 atom stereocenters. The van der Waals surface area contributed by atoms with E-state index >= 15 is 0 Å². The quantitative estimate of drug-likeness (QED) is 0.910. The SMILES string of the molecule is CN1C2CCC1CC(NC(=O)C1=CC(C)(C)c3ccccc31)C2. The van der Waals surface area contributed by atoms with E-state index in [2.05, 4.69) is 55.4 Å². The molecule has 23 heavy (non-hydrogen) atoms. The maximum absolute atomic E-state index is 12.9. The van der Waals surface area contributed by atoms with Gasteiger partial charge < -0.3 is 10.2 Å². The lowest BCUT2D eigenvalue weighted by Crippen LogP contribution is -2.48. The third-order valence-electron chi connectivity index (χ3n) is 6.09. The fourth-order valence-electron chi connectivity index (χ4n) is 4.78. The Morgan fingerprint density at radius 3 is 2.52 bits per heavy atom. The largest absolute Gasteiger partial charge is 0.349 e. The van der Waals surface area contributed by atoms with Crippen molar-refractivity contribution in [1.82, 2.24) is 10.2 Å². The zero-order valence-electron chi connectivity index (χ0n) is 14.3. The molecule has 3 aliphatic rings. The normalized spacial score (nSPS) is 31.6. The third kappa shape index (κ3) is 2.42. The Morgan fingerprint density at radius 1 is 1.17 bits per heavy atom. The van der Waals surface area contributed by atoms with E-state index in [1.165, 1.54) is 18.4 Å². The second-order valence-electron chi connectivity index (χ2n) is 8.02. The van der Waals surface area contributed by atoms with Crippen LogP contribution in [0.15, 0.2) is 30.3 Å². The fraction of sp³-hybridized carbons (Fsp3) is 0.550. The van der Waals surface area contributed by atoms with Crippen LogP contribution in [0.2, 0.25) is 0 Å². The molecular formula is C20H26N2O. The van der Waals surface area contributed by atoms with E-state index in [1.54, 1.807) is 0 Å². The van der Waals surface area contributed by atoms with Crippen molar-refractivity contribution in [3.05, 3.63) is 41.5 Å². The van der Waals surface area contributed by atoms with Gasteiger partial charge in [-0.2, -0.15) is 0 Å². The van der Waals surface area contributed by atoms with Gasteiger partial charge in [0.1, 0.15) is 0 Å². The zero-order chi connectivity index (χ0) is 16.2. The van der Waals surface area contributed by atoms with Gasteiger partial charge in [0.15, 0.2) is 0 Å². The lowest BCUT2D eigenvalue weighted by atomic mass is 9.87. The number of nitrogens with zero attached hydrogens (tertiary/aromatic N) is 1. The Hall–Kier alpha value is -1.61. The number of amides is 1. The molecule has 1 N–H and O–H groups in total. The highest BCUT2D eigenvalue weighted by Crippen LogP contribution is 2.40. The molecule has 0 spiro atoms. The van der Waals surface area contributed by atoms with Gasteiger partial charge in [0.05, 0.1) is 0 Å². The summed E-state index contributed by atoms with van der Waals surface area (Å²) in [6.45, 7) is 4.36. The van der Waals surface area contributed by atoms with E-state index in [1.807, 2.05) is 6.07 Å². The van der Waals surface area contributed by atoms with Crippen LogP contribution < -0.4 is 5.32 Å². The molecule has 0 saturated carbocycles. The number of fused-ring (bicyclic) bond motifs is 3. The maximum Gasteiger partial charge on any atom is 0.251 e. The Morgan fingerprint density at radius 2 is 1.83 bits per heavy atom. The molecule has 2 fully saturated rings. The number of piperidine rings is 1. The van der Waals surface area contributed by atoms with Gasteiger partial charge in [0.25, 0.3) is 5.91 Å². The van der Waals surface area contributed by atoms with Gasteiger partial charge in [0.2, 0.25) is 0 Å². The number of allylic oxidation sites excluding steroid dienone is 1. The summed E-state index contributed by atoms with van der Waals surface area (Å²) >= 11 is 0. The van der Waals surface area contributed by atoms with Crippen molar-refractivity contribution in [2.75, 3.05) is 7.05 Å². The van der Waals surface area contributed by atoms with Gasteiger partial charge >= 0.3 is 0 Å². The van der Waals surface area contributed by atoms with E-state index in [4.69, 9.17) is 0 Å². The molecule has 0 radical (unpaired) electrons. The van der Waals surface area contributed by atoms with Gasteiger partial charge in [-0.15, -0.1) is 0 Å². The van der Waals surface area contributed by atoms with Crippen molar-refractivity contribution in [1.29, 1.82) is 0 Å². The first-order valence-electron chi connectivity index (χ1n) is 8.81. The molecule has 3 nitrogen and oxygen atoms in total. The summed E-state index contributed by atoms with van der Waals surface area (Å²) in [6.07, 6.45) is 6.89. The summed E-state index contributed by atoms with van der Waals surface area (Å²) in [5, 5.41) is 3.33. The zero-order valence-corrected chi connectivity index (χ0v) is 14.3. The van der Waals surface area contributed by atoms with Crippen LogP contribution >= 0.6 is 0 Å². The first-order valence-corrected chi connectivity index (χ1v) is 8.81. The van der Waals surface area contributed by atoms with Gasteiger partial charge in [-0.1, -0.05) is 44.2 Å². The molecule has 1 aromatic carbocycles. The lowest BCUT2D eigenvalue weighted by molar-refractivity contribution is -0.116. The van der Waals surface area contributed by atoms with E-state index in [-0.39, 0.29) is 11.3 Å². The minimum atomic E-state index is -0.0604. The van der Waals surface area contributed by atoms with E-state index < -0.39 is 0 Å². The Bertz CT molecular complexity index is 662. The van der Waals surface area contributed by atoms with E-state index in [9.17, 15) is 4.79 Å². The number of nitrogens with one attached hydrogen (secondary N) is 1. The highest BCUT2D eigenvalue weighted by atomic mass is 16.1. The predicted molar refractivity (Wildman–Crippen MR) is 93.2 cm³/mol. The van der Waals surface area contributed by atoms with Crippen LogP contribution in [0.4, 0.5) is 0 Å². The van der Waals surface area contributed by atoms with Crippen LogP contribution in [0, 0.1) is 0 Å². The summed E-state index contributed by atoms with van der Waals surface area (Å²) in [5.41, 5.74) is 3.16. The Balaban J connectivity index is 1.53. The van der Waals surface area contributed by atoms with Crippen LogP contribution in [0.1, 0.15) is 50.7 Å². The average Bonchev–Trinajstić information content (AvgIpc) is 2.89. The number of hydrogen-bond donors (Lipinski definition) is 1. The molecule has 2 bridgehead atoms. The minimum absolute atomic E-state index is 0.0604. The number of rotatable bonds is 2. The fourth-order valence-corrected chi connectivity index (χ4v) is 4.78. The Labute approximate surface area is 138 Å². The van der Waals surface area contributed by atoms with Crippen molar-refractivity contribution in [2.24, 2.45) is 0 Å². The molecule has 4 rings (SSSR count). The van der Waals surface area contributed by atoms with Crippen molar-refractivity contribution in [3.63, 3.8) is 0 Å². The molecule has 2 aliphatic heterocycles. The molecule has 122 valence electrons. The van der Waals surface area contributed by atoms with Crippen LogP contribution in [0.3, 0.4) is 0 Å². The van der Waals surface area contributed by atoms with Crippen molar-refractivity contribution < 1.29 is 4.79 Å². The summed E-state index contributed by atoms with van der Waals surface area (Å²) in [5.74, 6) is 0.108. The smallest absolute Gasteiger partial charge is 0.251 e. The first-order chi connectivity index (χ1) is 11.0. The van der Waals surface area contributed by atoms with Crippen LogP contribution in [0.5, 0.6) is 0 Å². The first kappa shape index (κ1) is 14.9. The standard InChI is InChI=1S/C20H26N2O/c1-20(2)12-17(16-6-4-5-7-18(16)20)19(23)21-13-10-14-8-9-15(11-13)22(14)3/h4-7,12-15H,8-11H2,1-3H3,(H,21,23). The number of carbonyl (C=O) groups excluding carboxylic acids is 1. The van der Waals surface area contributed by atoms with E-state index in [0.29, 0.717) is 18.1 Å². The van der Waals surface area contributed by atoms with Crippen LogP contribution in [0.25, 0.3) is 5.57 Å². The molecule has 1 aliphatic carbocycles. The summed E-state index contributed by atoms with van der Waals surface area (Å²) in [4.78, 5) is 15.4. The third-order valence-corrected chi connectivity index (χ3v) is 6.09. The molecule has 2 unspecified atom stereocenters. The van der Waals surface area contributed by atoms with E-state index in [0.717, 1.165) is 24.0 Å². The van der Waals surface area contributed by atoms with Gasteiger partial charge in [-0.25, -0.2) is 0 Å². The summed E-state index contributed by atoms with van der Waals surface area (Å²) in [6, 6.07) is 9.94. The number of hydrogen-bond acceptors (Lipinski definition) is 2. The van der Waals surface area contributed by atoms with Gasteiger partial charge in [-0.3, -0.25) is 4.79 Å². The number of benzene rings is 1. The molecule has 2 heterocycles. The van der Waals surface area contributed by atoms with Gasteiger partial charge in [0, 0.05) is 29.1 Å². The highest BCUT2D eigenvalue weighted by Gasteiger charge is 2.40. The van der Waals surface area contributed by atoms with Crippen molar-refractivity contribution >= 4 is 11.5 Å². The second kappa shape index (κ2) is 5.20. The lowest BCUT2D eigenvalue weighted by Gasteiger charge is -2.36. The van der Waals surface area contributed by atoms with Crippen molar-refractivity contribution in [3.8, 4) is 0 Å². The predicted octanol–water partition coefficient (Wildman–Crippen LogP) is 3.10. The monoisotopic (exact) mass is 310 g/mol. The van der Waals surface area contributed by atoms with Gasteiger partial charge in [-0.05, 0) is 43.9 Å². The molecule has 1 aromatic rings. The van der Waals surface area contributed by atoms with Crippen LogP contribution in [-0.2, 0) is 10.2 Å². The van der Waals surface area contributed by atoms with Crippen LogP contribution in [-0.4, -0.2) is 36.0 Å². The average molecular weight is 310 g/mol. The molecule has 3 heteroatoms. The Kier molecular flexibility index (Phi) is 3.38. The molecular weight excluding hydrogens is 284 g/mol. The molecule has 2 saturated heterocycles. The summed E-state index contributed by atoms with van der Waals surface area (Å²) < 4.78 is 0. The molecule has 0 aromatic heterocycles. The number of carbonyl (C=O) groups is 1. The maximum atomic E-state index is 12.9. The highest BCUT2D eigenvalue weighted by molar-refractivity contribution is 6.21. The molecule has 1 amide bonds. The topological polar surface area (TPSA) is 32.3 Å². The minimum Gasteiger partial charge on any atom is -0.349 e. The second-order valence-corrected chi connectivity index (χ2v) is 8.02. The summed E-state index contributed by atoms with van der Waals surface area (Å²) in [7, 11) is 2.23.